The van der Waals surface area contributed by atoms with Crippen molar-refractivity contribution in [3.05, 3.63) is 28.2 Å². The topological polar surface area (TPSA) is 33.2 Å². The van der Waals surface area contributed by atoms with Gasteiger partial charge in [0.1, 0.15) is 0 Å². The van der Waals surface area contributed by atoms with Crippen LogP contribution in [0.15, 0.2) is 18.2 Å². The van der Waals surface area contributed by atoms with Crippen LogP contribution in [0.3, 0.4) is 0 Å². The molecular weight excluding hydrogens is 256 g/mol. The van der Waals surface area contributed by atoms with Gasteiger partial charge in [0.2, 0.25) is 0 Å². The predicted octanol–water partition coefficient (Wildman–Crippen LogP) is 3.43. The monoisotopic (exact) mass is 268 g/mol. The predicted molar refractivity (Wildman–Crippen MR) is 71.9 cm³/mol. The standard InChI is InChI=1S/C12H13ClN2OS/c1-3-15(4-2)11(16)8-5-6-9-10(7-8)17-12(13)14-9/h5-7H,3-4H2,1-2H3. The average molecular weight is 269 g/mol. The van der Waals surface area contributed by atoms with Gasteiger partial charge >= 0.3 is 0 Å². The molecule has 2 rings (SSSR count). The number of aromatic nitrogens is 1. The molecule has 90 valence electrons. The minimum absolute atomic E-state index is 0.0569. The van der Waals surface area contributed by atoms with E-state index >= 15 is 0 Å². The van der Waals surface area contributed by atoms with Crippen LogP contribution in [0.1, 0.15) is 24.2 Å². The van der Waals surface area contributed by atoms with E-state index < -0.39 is 0 Å². The second kappa shape index (κ2) is 5.02. The summed E-state index contributed by atoms with van der Waals surface area (Å²) in [5.41, 5.74) is 1.54. The highest BCUT2D eigenvalue weighted by Gasteiger charge is 2.13. The van der Waals surface area contributed by atoms with E-state index in [1.165, 1.54) is 11.3 Å². The maximum Gasteiger partial charge on any atom is 0.253 e. The number of carbonyl (C=O) groups excluding carboxylic acids is 1. The van der Waals surface area contributed by atoms with Crippen molar-refractivity contribution in [1.82, 2.24) is 9.88 Å². The highest BCUT2D eigenvalue weighted by atomic mass is 35.5. The molecule has 0 bridgehead atoms. The summed E-state index contributed by atoms with van der Waals surface area (Å²) in [6.07, 6.45) is 0. The maximum atomic E-state index is 12.1. The summed E-state index contributed by atoms with van der Waals surface area (Å²) in [5, 5.41) is 0. The summed E-state index contributed by atoms with van der Waals surface area (Å²) in [5.74, 6) is 0.0569. The Morgan fingerprint density at radius 2 is 2.12 bits per heavy atom. The molecule has 0 atom stereocenters. The van der Waals surface area contributed by atoms with Crippen LogP contribution >= 0.6 is 22.9 Å². The first kappa shape index (κ1) is 12.3. The summed E-state index contributed by atoms with van der Waals surface area (Å²) in [4.78, 5) is 18.1. The molecule has 5 heteroatoms. The van der Waals surface area contributed by atoms with Gasteiger partial charge in [-0.3, -0.25) is 4.79 Å². The molecule has 0 N–H and O–H groups in total. The molecule has 0 radical (unpaired) electrons. The lowest BCUT2D eigenvalue weighted by molar-refractivity contribution is 0.0773. The second-order valence-electron chi connectivity index (χ2n) is 3.63. The molecule has 0 unspecified atom stereocenters. The Morgan fingerprint density at radius 3 is 2.76 bits per heavy atom. The maximum absolute atomic E-state index is 12.1. The summed E-state index contributed by atoms with van der Waals surface area (Å²) in [7, 11) is 0. The van der Waals surface area contributed by atoms with Gasteiger partial charge in [-0.05, 0) is 32.0 Å². The van der Waals surface area contributed by atoms with E-state index in [4.69, 9.17) is 11.6 Å². The van der Waals surface area contributed by atoms with E-state index in [2.05, 4.69) is 4.98 Å². The van der Waals surface area contributed by atoms with Crippen molar-refractivity contribution in [3.63, 3.8) is 0 Å². The van der Waals surface area contributed by atoms with E-state index in [-0.39, 0.29) is 5.91 Å². The van der Waals surface area contributed by atoms with E-state index in [0.717, 1.165) is 23.3 Å². The highest BCUT2D eigenvalue weighted by Crippen LogP contribution is 2.26. The molecule has 0 saturated carbocycles. The number of rotatable bonds is 3. The first-order valence-corrected chi connectivity index (χ1v) is 6.70. The van der Waals surface area contributed by atoms with Gasteiger partial charge in [-0.25, -0.2) is 4.98 Å². The Morgan fingerprint density at radius 1 is 1.41 bits per heavy atom. The molecule has 1 amide bonds. The van der Waals surface area contributed by atoms with Crippen molar-refractivity contribution in [1.29, 1.82) is 0 Å². The van der Waals surface area contributed by atoms with Crippen LogP contribution in [0.25, 0.3) is 10.2 Å². The quantitative estimate of drug-likeness (QED) is 0.854. The van der Waals surface area contributed by atoms with E-state index in [1.807, 2.05) is 26.0 Å². The van der Waals surface area contributed by atoms with Gasteiger partial charge in [0.15, 0.2) is 4.47 Å². The Kier molecular flexibility index (Phi) is 3.64. The summed E-state index contributed by atoms with van der Waals surface area (Å²) >= 11 is 7.24. The molecule has 1 aromatic heterocycles. The number of halogens is 1. The molecule has 0 fully saturated rings. The SMILES string of the molecule is CCN(CC)C(=O)c1ccc2nc(Cl)sc2c1. The van der Waals surface area contributed by atoms with Gasteiger partial charge < -0.3 is 4.90 Å². The van der Waals surface area contributed by atoms with Crippen molar-refractivity contribution in [2.45, 2.75) is 13.8 Å². The summed E-state index contributed by atoms with van der Waals surface area (Å²) in [6.45, 7) is 5.39. The van der Waals surface area contributed by atoms with Crippen LogP contribution in [0.4, 0.5) is 0 Å². The summed E-state index contributed by atoms with van der Waals surface area (Å²) < 4.78 is 1.46. The molecule has 0 aliphatic heterocycles. The fourth-order valence-electron chi connectivity index (χ4n) is 1.72. The minimum atomic E-state index is 0.0569. The lowest BCUT2D eigenvalue weighted by atomic mass is 10.2. The number of nitrogens with zero attached hydrogens (tertiary/aromatic N) is 2. The largest absolute Gasteiger partial charge is 0.339 e. The van der Waals surface area contributed by atoms with Gasteiger partial charge in [0.25, 0.3) is 5.91 Å². The van der Waals surface area contributed by atoms with Gasteiger partial charge in [-0.2, -0.15) is 0 Å². The molecule has 2 aromatic rings. The smallest absolute Gasteiger partial charge is 0.253 e. The van der Waals surface area contributed by atoms with Gasteiger partial charge in [-0.1, -0.05) is 11.6 Å². The van der Waals surface area contributed by atoms with Crippen LogP contribution in [0.5, 0.6) is 0 Å². The average Bonchev–Trinajstić information content (AvgIpc) is 2.69. The zero-order valence-electron chi connectivity index (χ0n) is 9.74. The lowest BCUT2D eigenvalue weighted by Crippen LogP contribution is -2.30. The molecule has 0 aliphatic carbocycles. The first-order chi connectivity index (χ1) is 8.15. The van der Waals surface area contributed by atoms with Crippen molar-refractivity contribution in [3.8, 4) is 0 Å². The number of amides is 1. The third-order valence-electron chi connectivity index (χ3n) is 2.66. The Labute approximate surface area is 109 Å². The molecule has 17 heavy (non-hydrogen) atoms. The molecule has 0 aliphatic rings. The lowest BCUT2D eigenvalue weighted by Gasteiger charge is -2.18. The number of fused-ring (bicyclic) bond motifs is 1. The normalized spacial score (nSPS) is 10.8. The first-order valence-electron chi connectivity index (χ1n) is 5.51. The van der Waals surface area contributed by atoms with Crippen LogP contribution in [-0.2, 0) is 0 Å². The van der Waals surface area contributed by atoms with Crippen molar-refractivity contribution >= 4 is 39.1 Å². The van der Waals surface area contributed by atoms with E-state index in [1.54, 1.807) is 11.0 Å². The molecule has 3 nitrogen and oxygen atoms in total. The highest BCUT2D eigenvalue weighted by molar-refractivity contribution is 7.22. The number of benzene rings is 1. The van der Waals surface area contributed by atoms with Crippen molar-refractivity contribution in [2.75, 3.05) is 13.1 Å². The number of hydrogen-bond donors (Lipinski definition) is 0. The third kappa shape index (κ3) is 2.42. The minimum Gasteiger partial charge on any atom is -0.339 e. The van der Waals surface area contributed by atoms with E-state index in [9.17, 15) is 4.79 Å². The van der Waals surface area contributed by atoms with Crippen LogP contribution in [-0.4, -0.2) is 28.9 Å². The molecule has 1 aromatic carbocycles. The second-order valence-corrected chi connectivity index (χ2v) is 5.24. The van der Waals surface area contributed by atoms with Crippen LogP contribution < -0.4 is 0 Å². The zero-order chi connectivity index (χ0) is 12.4. The van der Waals surface area contributed by atoms with Crippen LogP contribution in [0.2, 0.25) is 4.47 Å². The fourth-order valence-corrected chi connectivity index (χ4v) is 2.79. The van der Waals surface area contributed by atoms with Gasteiger partial charge in [0.05, 0.1) is 10.2 Å². The van der Waals surface area contributed by atoms with Gasteiger partial charge in [-0.15, -0.1) is 11.3 Å². The van der Waals surface area contributed by atoms with Gasteiger partial charge in [0, 0.05) is 18.7 Å². The van der Waals surface area contributed by atoms with Crippen LogP contribution in [0, 0.1) is 0 Å². The fraction of sp³-hybridized carbons (Fsp3) is 0.333. The molecule has 0 spiro atoms. The molecular formula is C12H13ClN2OS. The summed E-state index contributed by atoms with van der Waals surface area (Å²) in [6, 6.07) is 5.51. The Bertz CT molecular complexity index is 548. The molecule has 0 saturated heterocycles. The Balaban J connectivity index is 2.38. The van der Waals surface area contributed by atoms with Crippen molar-refractivity contribution in [2.24, 2.45) is 0 Å². The third-order valence-corrected chi connectivity index (χ3v) is 3.78. The Hall–Kier alpha value is -1.13. The van der Waals surface area contributed by atoms with Crippen molar-refractivity contribution < 1.29 is 4.79 Å². The van der Waals surface area contributed by atoms with E-state index in [0.29, 0.717) is 10.0 Å². The number of thiazole rings is 1. The zero-order valence-corrected chi connectivity index (χ0v) is 11.3. The number of hydrogen-bond acceptors (Lipinski definition) is 3. The molecule has 1 heterocycles. The number of carbonyl (C=O) groups is 1.